The second-order valence-corrected chi connectivity index (χ2v) is 5.86. The Morgan fingerprint density at radius 1 is 1.12 bits per heavy atom. The molecule has 0 spiro atoms. The fraction of sp³-hybridized carbons (Fsp3) is 0.278. The smallest absolute Gasteiger partial charge is 0.268 e. The van der Waals surface area contributed by atoms with E-state index < -0.39 is 18.3 Å². The Balaban J connectivity index is 1.77. The van der Waals surface area contributed by atoms with Gasteiger partial charge in [0.25, 0.3) is 6.43 Å². The average molecular weight is 335 g/mol. The summed E-state index contributed by atoms with van der Waals surface area (Å²) in [7, 11) is 0. The molecule has 1 amide bonds. The van der Waals surface area contributed by atoms with Gasteiger partial charge in [-0.05, 0) is 42.2 Å². The number of hydrogen-bond donors (Lipinski definition) is 2. The number of aliphatic hydroxyl groups excluding tert-OH is 1. The van der Waals surface area contributed by atoms with Crippen molar-refractivity contribution >= 4 is 11.6 Å². The first-order valence-electron chi connectivity index (χ1n) is 7.62. The third-order valence-electron chi connectivity index (χ3n) is 3.99. The number of carbonyl (C=O) groups is 1. The minimum atomic E-state index is -2.87. The Morgan fingerprint density at radius 2 is 1.79 bits per heavy atom. The Labute approximate surface area is 137 Å². The maximum absolute atomic E-state index is 14.3. The molecular formula is C18H16F3NO2. The summed E-state index contributed by atoms with van der Waals surface area (Å²) in [6.45, 7) is 0. The molecule has 1 unspecified atom stereocenters. The van der Waals surface area contributed by atoms with Gasteiger partial charge in [0.15, 0.2) is 0 Å². The van der Waals surface area contributed by atoms with Gasteiger partial charge < -0.3 is 10.4 Å². The van der Waals surface area contributed by atoms with Crippen LogP contribution in [0.3, 0.4) is 0 Å². The molecule has 2 N–H and O–H groups in total. The molecule has 0 radical (unpaired) electrons. The van der Waals surface area contributed by atoms with E-state index in [2.05, 4.69) is 5.32 Å². The maximum atomic E-state index is 14.3. The van der Waals surface area contributed by atoms with Crippen LogP contribution >= 0.6 is 0 Å². The van der Waals surface area contributed by atoms with E-state index in [0.29, 0.717) is 11.3 Å². The standard InChI is InChI=1S/C18H16F3NO2/c19-15-9-13(22-18(24)12-5-6-12)7-8-14(15)10-1-3-11(4-2-10)16(23)17(20)21/h1-4,7-9,12,16-17,23H,5-6H2,(H,22,24). The first kappa shape index (κ1) is 16.5. The van der Waals surface area contributed by atoms with Gasteiger partial charge in [-0.15, -0.1) is 0 Å². The van der Waals surface area contributed by atoms with Crippen LogP contribution in [0.25, 0.3) is 11.1 Å². The van der Waals surface area contributed by atoms with Crippen LogP contribution in [-0.4, -0.2) is 17.4 Å². The Morgan fingerprint density at radius 3 is 2.33 bits per heavy atom. The summed E-state index contributed by atoms with van der Waals surface area (Å²) in [4.78, 5) is 11.7. The molecular weight excluding hydrogens is 319 g/mol. The number of halogens is 3. The highest BCUT2D eigenvalue weighted by molar-refractivity contribution is 5.94. The van der Waals surface area contributed by atoms with Gasteiger partial charge in [-0.2, -0.15) is 0 Å². The Kier molecular flexibility index (Phi) is 4.57. The quantitative estimate of drug-likeness (QED) is 0.863. The lowest BCUT2D eigenvalue weighted by molar-refractivity contribution is -0.117. The van der Waals surface area contributed by atoms with Gasteiger partial charge in [0, 0.05) is 17.2 Å². The summed E-state index contributed by atoms with van der Waals surface area (Å²) in [6, 6.07) is 9.99. The van der Waals surface area contributed by atoms with Crippen molar-refractivity contribution in [3.05, 3.63) is 53.8 Å². The van der Waals surface area contributed by atoms with Gasteiger partial charge in [0.05, 0.1) is 0 Å². The third-order valence-corrected chi connectivity index (χ3v) is 3.99. The molecule has 3 rings (SSSR count). The predicted octanol–water partition coefficient (Wildman–Crippen LogP) is 4.14. The third kappa shape index (κ3) is 3.59. The SMILES string of the molecule is O=C(Nc1ccc(-c2ccc(C(O)C(F)F)cc2)c(F)c1)C1CC1. The second kappa shape index (κ2) is 6.65. The number of alkyl halides is 2. The number of carbonyl (C=O) groups excluding carboxylic acids is 1. The molecule has 0 bridgehead atoms. The zero-order valence-electron chi connectivity index (χ0n) is 12.7. The molecule has 0 aliphatic heterocycles. The van der Waals surface area contributed by atoms with E-state index in [1.165, 1.54) is 36.4 Å². The van der Waals surface area contributed by atoms with Crippen LogP contribution in [0.1, 0.15) is 24.5 Å². The summed E-state index contributed by atoms with van der Waals surface area (Å²) in [6.07, 6.45) is -3.00. The van der Waals surface area contributed by atoms with Crippen LogP contribution < -0.4 is 5.32 Å². The normalized spacial score (nSPS) is 15.4. The van der Waals surface area contributed by atoms with Crippen molar-refractivity contribution in [3.8, 4) is 11.1 Å². The van der Waals surface area contributed by atoms with Gasteiger partial charge in [-0.3, -0.25) is 4.79 Å². The van der Waals surface area contributed by atoms with Gasteiger partial charge >= 0.3 is 0 Å². The molecule has 6 heteroatoms. The number of rotatable bonds is 5. The molecule has 0 aromatic heterocycles. The highest BCUT2D eigenvalue weighted by Crippen LogP contribution is 2.31. The molecule has 0 heterocycles. The maximum Gasteiger partial charge on any atom is 0.268 e. The van der Waals surface area contributed by atoms with Gasteiger partial charge in [0.2, 0.25) is 5.91 Å². The summed E-state index contributed by atoms with van der Waals surface area (Å²) in [5.41, 5.74) is 1.25. The van der Waals surface area contributed by atoms with Crippen molar-refractivity contribution in [2.45, 2.75) is 25.4 Å². The molecule has 1 aliphatic carbocycles. The lowest BCUT2D eigenvalue weighted by atomic mass is 10.0. The summed E-state index contributed by atoms with van der Waals surface area (Å²) in [5, 5.41) is 12.0. The topological polar surface area (TPSA) is 49.3 Å². The molecule has 2 aromatic carbocycles. The molecule has 2 aromatic rings. The minimum absolute atomic E-state index is 0.0292. The van der Waals surface area contributed by atoms with E-state index >= 15 is 0 Å². The highest BCUT2D eigenvalue weighted by Gasteiger charge is 2.29. The lowest BCUT2D eigenvalue weighted by Crippen LogP contribution is -2.13. The number of amides is 1. The van der Waals surface area contributed by atoms with Crippen LogP contribution in [-0.2, 0) is 4.79 Å². The fourth-order valence-corrected chi connectivity index (χ4v) is 2.42. The average Bonchev–Trinajstić information content (AvgIpc) is 3.39. The molecule has 126 valence electrons. The zero-order valence-corrected chi connectivity index (χ0v) is 12.7. The first-order chi connectivity index (χ1) is 11.5. The predicted molar refractivity (Wildman–Crippen MR) is 84.2 cm³/mol. The van der Waals surface area contributed by atoms with Crippen molar-refractivity contribution in [1.82, 2.24) is 0 Å². The largest absolute Gasteiger partial charge is 0.382 e. The van der Waals surface area contributed by atoms with E-state index in [-0.39, 0.29) is 23.0 Å². The van der Waals surface area contributed by atoms with E-state index in [1.807, 2.05) is 0 Å². The van der Waals surface area contributed by atoms with Crippen molar-refractivity contribution in [3.63, 3.8) is 0 Å². The highest BCUT2D eigenvalue weighted by atomic mass is 19.3. The van der Waals surface area contributed by atoms with Crippen LogP contribution in [0.5, 0.6) is 0 Å². The Bertz CT molecular complexity index is 742. The number of nitrogens with one attached hydrogen (secondary N) is 1. The van der Waals surface area contributed by atoms with Crippen molar-refractivity contribution < 1.29 is 23.1 Å². The van der Waals surface area contributed by atoms with Crippen LogP contribution in [0.2, 0.25) is 0 Å². The van der Waals surface area contributed by atoms with Crippen molar-refractivity contribution in [2.24, 2.45) is 5.92 Å². The summed E-state index contributed by atoms with van der Waals surface area (Å²) in [5.74, 6) is -0.597. The zero-order chi connectivity index (χ0) is 17.3. The van der Waals surface area contributed by atoms with E-state index in [1.54, 1.807) is 6.07 Å². The first-order valence-corrected chi connectivity index (χ1v) is 7.62. The van der Waals surface area contributed by atoms with Crippen LogP contribution in [0.15, 0.2) is 42.5 Å². The minimum Gasteiger partial charge on any atom is -0.382 e. The molecule has 0 saturated heterocycles. The molecule has 1 atom stereocenters. The Hall–Kier alpha value is -2.34. The van der Waals surface area contributed by atoms with Gasteiger partial charge in [-0.1, -0.05) is 24.3 Å². The van der Waals surface area contributed by atoms with E-state index in [0.717, 1.165) is 12.8 Å². The van der Waals surface area contributed by atoms with Crippen LogP contribution in [0.4, 0.5) is 18.9 Å². The monoisotopic (exact) mass is 335 g/mol. The number of aliphatic hydroxyl groups is 1. The van der Waals surface area contributed by atoms with Gasteiger partial charge in [0.1, 0.15) is 11.9 Å². The second-order valence-electron chi connectivity index (χ2n) is 5.86. The number of hydrogen-bond acceptors (Lipinski definition) is 2. The molecule has 1 saturated carbocycles. The van der Waals surface area contributed by atoms with E-state index in [9.17, 15) is 23.1 Å². The van der Waals surface area contributed by atoms with Crippen molar-refractivity contribution in [2.75, 3.05) is 5.32 Å². The van der Waals surface area contributed by atoms with Gasteiger partial charge in [-0.25, -0.2) is 13.2 Å². The molecule has 24 heavy (non-hydrogen) atoms. The van der Waals surface area contributed by atoms with E-state index in [4.69, 9.17) is 0 Å². The molecule has 1 aliphatic rings. The van der Waals surface area contributed by atoms with Crippen LogP contribution in [0, 0.1) is 11.7 Å². The number of anilines is 1. The van der Waals surface area contributed by atoms with Crippen molar-refractivity contribution in [1.29, 1.82) is 0 Å². The number of benzene rings is 2. The molecule has 3 nitrogen and oxygen atoms in total. The fourth-order valence-electron chi connectivity index (χ4n) is 2.42. The lowest BCUT2D eigenvalue weighted by Gasteiger charge is -2.11. The summed E-state index contributed by atoms with van der Waals surface area (Å²) >= 11 is 0. The molecule has 1 fully saturated rings. The summed E-state index contributed by atoms with van der Waals surface area (Å²) < 4.78 is 39.2.